The van der Waals surface area contributed by atoms with E-state index < -0.39 is 0 Å². The highest BCUT2D eigenvalue weighted by Crippen LogP contribution is 2.23. The summed E-state index contributed by atoms with van der Waals surface area (Å²) >= 11 is 0. The fourth-order valence-corrected chi connectivity index (χ4v) is 2.43. The van der Waals surface area contributed by atoms with Crippen molar-refractivity contribution in [2.75, 3.05) is 32.1 Å². The summed E-state index contributed by atoms with van der Waals surface area (Å²) in [7, 11) is 3.09. The van der Waals surface area contributed by atoms with Crippen LogP contribution in [-0.2, 0) is 9.57 Å². The van der Waals surface area contributed by atoms with Crippen molar-refractivity contribution in [2.45, 2.75) is 38.8 Å². The topological polar surface area (TPSA) is 77.6 Å². The number of methoxy groups -OCH3 is 1. The second-order valence-corrected chi connectivity index (χ2v) is 7.05. The molecule has 1 aromatic carbocycles. The highest BCUT2D eigenvalue weighted by Gasteiger charge is 2.30. The van der Waals surface area contributed by atoms with E-state index in [1.165, 1.54) is 7.11 Å². The summed E-state index contributed by atoms with van der Waals surface area (Å²) in [6.45, 7) is 7.28. The number of hydrogen-bond acceptors (Lipinski definition) is 5. The van der Waals surface area contributed by atoms with Gasteiger partial charge < -0.3 is 14.5 Å². The number of ether oxygens (including phenoxy) is 1. The molecule has 1 aliphatic heterocycles. The second kappa shape index (κ2) is 7.58. The van der Waals surface area contributed by atoms with Crippen LogP contribution in [0.3, 0.4) is 0 Å². The average molecular weight is 351 g/mol. The fraction of sp³-hybridized carbons (Fsp3) is 0.588. The van der Waals surface area contributed by atoms with E-state index in [0.29, 0.717) is 12.1 Å². The van der Waals surface area contributed by atoms with Gasteiger partial charge in [-0.2, -0.15) is 0 Å². The molecule has 0 aliphatic carbocycles. The molecule has 0 spiro atoms. The summed E-state index contributed by atoms with van der Waals surface area (Å²) < 4.78 is 4.75. The molecule has 2 rings (SSSR count). The molecule has 1 aliphatic rings. The highest BCUT2D eigenvalue weighted by atomic mass is 16.7. The molecule has 0 aromatic heterocycles. The molecule has 25 heavy (non-hydrogen) atoms. The Hall–Kier alpha value is -2.51. The molecule has 0 bridgehead atoms. The molecule has 1 aromatic rings. The van der Waals surface area contributed by atoms with Crippen molar-refractivity contribution in [3.8, 4) is 0 Å². The van der Waals surface area contributed by atoms with E-state index in [2.05, 4.69) is 10.2 Å². The predicted octanol–water partition coefficient (Wildman–Crippen LogP) is 2.48. The van der Waals surface area contributed by atoms with Gasteiger partial charge >= 0.3 is 5.97 Å². The van der Waals surface area contributed by atoms with E-state index in [1.54, 1.807) is 24.2 Å². The van der Waals surface area contributed by atoms with E-state index >= 15 is 0 Å². The van der Waals surface area contributed by atoms with Crippen LogP contribution in [0.15, 0.2) is 29.5 Å². The predicted molar refractivity (Wildman–Crippen MR) is 91.5 cm³/mol. The Balaban J connectivity index is 1.97. The van der Waals surface area contributed by atoms with Gasteiger partial charge in [-0.25, -0.2) is 10.0 Å². The number of carbonyl (C=O) groups excluding carboxylic acids is 1. The maximum absolute atomic E-state index is 11.6. The third-order valence-electron chi connectivity index (χ3n) is 4.29. The van der Waals surface area contributed by atoms with Crippen molar-refractivity contribution < 1.29 is 24.5 Å². The van der Waals surface area contributed by atoms with Crippen LogP contribution in [0.25, 0.3) is 0 Å². The number of hydrazine groups is 1. The zero-order valence-electron chi connectivity index (χ0n) is 15.5. The largest absolute Gasteiger partial charge is 0.465 e. The Kier molecular flexibility index (Phi) is 5.71. The van der Waals surface area contributed by atoms with Gasteiger partial charge in [0.2, 0.25) is 0 Å². The third kappa shape index (κ3) is 4.74. The van der Waals surface area contributed by atoms with Crippen molar-refractivity contribution >= 4 is 11.7 Å². The first kappa shape index (κ1) is 18.8. The van der Waals surface area contributed by atoms with Gasteiger partial charge in [-0.3, -0.25) is 0 Å². The van der Waals surface area contributed by atoms with Gasteiger partial charge in [0.1, 0.15) is 0 Å². The number of rotatable bonds is 5. The van der Waals surface area contributed by atoms with Gasteiger partial charge in [0, 0.05) is 18.7 Å². The van der Waals surface area contributed by atoms with Crippen LogP contribution in [0.2, 0.25) is 0 Å². The number of esters is 1. The van der Waals surface area contributed by atoms with Gasteiger partial charge in [0.25, 0.3) is 10.2 Å². The summed E-state index contributed by atoms with van der Waals surface area (Å²) in [5.74, 6) is -0.356. The first-order valence-electron chi connectivity index (χ1n) is 8.25. The minimum absolute atomic E-state index is 0.134. The van der Waals surface area contributed by atoms with E-state index in [1.807, 2.05) is 32.9 Å². The maximum Gasteiger partial charge on any atom is 0.337 e. The Morgan fingerprint density at radius 2 is 2.16 bits per heavy atom. The fourth-order valence-electron chi connectivity index (χ4n) is 2.43. The zero-order valence-corrected chi connectivity index (χ0v) is 15.5. The lowest BCUT2D eigenvalue weighted by atomic mass is 10.1. The number of benzene rings is 1. The van der Waals surface area contributed by atoms with Crippen LogP contribution in [-0.4, -0.2) is 60.0 Å². The van der Waals surface area contributed by atoms with Crippen LogP contribution in [0.1, 0.15) is 37.6 Å². The Morgan fingerprint density at radius 3 is 2.80 bits per heavy atom. The normalized spacial score (nSPS) is 18.2. The Bertz CT molecular complexity index is 642. The molecular weight excluding hydrogens is 324 g/mol. The summed E-state index contributed by atoms with van der Waals surface area (Å²) in [6, 6.07) is 7.30. The Morgan fingerprint density at radius 1 is 1.44 bits per heavy atom. The number of hydrogen-bond donors (Lipinski definition) is 1. The van der Waals surface area contributed by atoms with Crippen molar-refractivity contribution in [2.24, 2.45) is 5.28 Å². The molecule has 1 saturated heterocycles. The lowest BCUT2D eigenvalue weighted by Gasteiger charge is -2.22. The molecule has 1 heterocycles. The SMILES string of the molecule is COC(=O)c1cccc(N2CC[C@@H](O/N=[N+](\O)N(C)C(C)(C)C)C2)c1. The zero-order chi connectivity index (χ0) is 18.6. The Labute approximate surface area is 148 Å². The quantitative estimate of drug-likeness (QED) is 0.380. The van der Waals surface area contributed by atoms with Gasteiger partial charge in [-0.1, -0.05) is 6.07 Å². The molecule has 1 fully saturated rings. The summed E-state index contributed by atoms with van der Waals surface area (Å²) in [6.07, 6.45) is 0.642. The minimum Gasteiger partial charge on any atom is -0.465 e. The number of carbonyl (C=O) groups is 1. The molecule has 8 heteroatoms. The van der Waals surface area contributed by atoms with Gasteiger partial charge in [-0.15, -0.1) is 5.01 Å². The smallest absolute Gasteiger partial charge is 0.337 e. The van der Waals surface area contributed by atoms with E-state index in [-0.39, 0.29) is 17.6 Å². The van der Waals surface area contributed by atoms with Gasteiger partial charge in [0.15, 0.2) is 6.10 Å². The third-order valence-corrected chi connectivity index (χ3v) is 4.29. The van der Waals surface area contributed by atoms with Crippen LogP contribution in [0, 0.1) is 0 Å². The average Bonchev–Trinajstić information content (AvgIpc) is 3.06. The molecule has 0 amide bonds. The maximum atomic E-state index is 11.6. The molecular formula is C17H27N4O4+. The van der Waals surface area contributed by atoms with Crippen LogP contribution >= 0.6 is 0 Å². The van der Waals surface area contributed by atoms with Crippen molar-refractivity contribution in [1.29, 1.82) is 0 Å². The van der Waals surface area contributed by atoms with E-state index in [4.69, 9.17) is 9.57 Å². The van der Waals surface area contributed by atoms with Gasteiger partial charge in [0.05, 0.1) is 31.8 Å². The van der Waals surface area contributed by atoms with Crippen molar-refractivity contribution in [1.82, 2.24) is 5.01 Å². The number of anilines is 1. The number of nitrogens with zero attached hydrogens (tertiary/aromatic N) is 4. The molecule has 1 N–H and O–H groups in total. The van der Waals surface area contributed by atoms with Crippen LogP contribution in [0.5, 0.6) is 0 Å². The minimum atomic E-state index is -0.356. The molecule has 0 unspecified atom stereocenters. The van der Waals surface area contributed by atoms with Crippen molar-refractivity contribution in [3.63, 3.8) is 0 Å². The van der Waals surface area contributed by atoms with Crippen LogP contribution < -0.4 is 4.90 Å². The van der Waals surface area contributed by atoms with E-state index in [9.17, 15) is 10.0 Å². The first-order valence-corrected chi connectivity index (χ1v) is 8.25. The highest BCUT2D eigenvalue weighted by molar-refractivity contribution is 5.90. The standard InChI is InChI=1S/C17H27N4O4/c1-17(2,3)19(4)21(23)18-25-15-9-10-20(12-15)14-8-6-7-13(11-14)16(22)24-5/h6-8,11,15H,9-10,12H2,1-5H3,(H,18,23)/q+1/t15-/m1/s1. The molecule has 1 atom stereocenters. The monoisotopic (exact) mass is 351 g/mol. The summed E-state index contributed by atoms with van der Waals surface area (Å²) in [5, 5.41) is 15.3. The van der Waals surface area contributed by atoms with Gasteiger partial charge in [-0.05, 0) is 39.0 Å². The second-order valence-electron chi connectivity index (χ2n) is 7.05. The van der Waals surface area contributed by atoms with E-state index in [0.717, 1.165) is 23.6 Å². The van der Waals surface area contributed by atoms with Crippen LogP contribution in [0.4, 0.5) is 5.69 Å². The lowest BCUT2D eigenvalue weighted by Crippen LogP contribution is -2.43. The molecule has 0 radical (unpaired) electrons. The molecule has 8 nitrogen and oxygen atoms in total. The summed E-state index contributed by atoms with van der Waals surface area (Å²) in [4.78, 5) is 19.9. The molecule has 138 valence electrons. The molecule has 0 saturated carbocycles. The first-order chi connectivity index (χ1) is 11.7. The van der Waals surface area contributed by atoms with Crippen molar-refractivity contribution in [3.05, 3.63) is 29.8 Å². The summed E-state index contributed by atoms with van der Waals surface area (Å²) in [5.41, 5.74) is 1.17. The lowest BCUT2D eigenvalue weighted by molar-refractivity contribution is -0.946.